The summed E-state index contributed by atoms with van der Waals surface area (Å²) < 4.78 is 15.0. The van der Waals surface area contributed by atoms with Gasteiger partial charge >= 0.3 is 5.97 Å². The van der Waals surface area contributed by atoms with Crippen LogP contribution in [0.25, 0.3) is 27.6 Å². The maximum absolute atomic E-state index is 12.9. The number of aryl methyl sites for hydroxylation is 1. The maximum atomic E-state index is 12.9. The number of para-hydroxylation sites is 1. The monoisotopic (exact) mass is 484 g/mol. The minimum atomic E-state index is -0.797. The van der Waals surface area contributed by atoms with Crippen LogP contribution in [0.15, 0.2) is 66.7 Å². The van der Waals surface area contributed by atoms with Gasteiger partial charge in [0.15, 0.2) is 0 Å². The van der Waals surface area contributed by atoms with Gasteiger partial charge in [0.2, 0.25) is 0 Å². The van der Waals surface area contributed by atoms with Crippen molar-refractivity contribution in [2.45, 2.75) is 33.4 Å². The van der Waals surface area contributed by atoms with E-state index in [4.69, 9.17) is 9.47 Å². The molecule has 2 aromatic heterocycles. The molecule has 3 aromatic carbocycles. The Labute approximate surface area is 208 Å². The average Bonchev–Trinajstić information content (AvgIpc) is 3.41. The van der Waals surface area contributed by atoms with E-state index in [9.17, 15) is 9.90 Å². The largest absolute Gasteiger partial charge is 0.491 e. The van der Waals surface area contributed by atoms with E-state index in [0.29, 0.717) is 11.3 Å². The predicted octanol–water partition coefficient (Wildman–Crippen LogP) is 4.61. The number of fused-ring (bicyclic) bond motifs is 2. The van der Waals surface area contributed by atoms with E-state index in [1.807, 2.05) is 80.6 Å². The van der Waals surface area contributed by atoms with E-state index in [0.717, 1.165) is 38.9 Å². The fraction of sp³-hybridized carbons (Fsp3) is 0.250. The summed E-state index contributed by atoms with van der Waals surface area (Å²) in [6.07, 6.45) is -0.797. The third-order valence-electron chi connectivity index (χ3n) is 6.19. The molecule has 0 aliphatic rings. The van der Waals surface area contributed by atoms with Crippen LogP contribution in [0.2, 0.25) is 0 Å². The molecule has 0 saturated carbocycles. The van der Waals surface area contributed by atoms with E-state index in [1.54, 1.807) is 11.6 Å². The topological polar surface area (TPSA) is 91.4 Å². The molecule has 0 radical (unpaired) electrons. The highest BCUT2D eigenvalue weighted by Gasteiger charge is 2.22. The van der Waals surface area contributed by atoms with Gasteiger partial charge in [-0.25, -0.2) is 9.48 Å². The summed E-state index contributed by atoms with van der Waals surface area (Å²) in [5.41, 5.74) is 5.92. The summed E-state index contributed by atoms with van der Waals surface area (Å²) in [4.78, 5) is 12.9. The molecule has 0 amide bonds. The minimum absolute atomic E-state index is 0.0616. The number of hydrogen-bond donors (Lipinski definition) is 1. The molecule has 36 heavy (non-hydrogen) atoms. The average molecular weight is 485 g/mol. The number of rotatable bonds is 8. The van der Waals surface area contributed by atoms with Gasteiger partial charge in [-0.3, -0.25) is 0 Å². The third-order valence-corrected chi connectivity index (χ3v) is 6.19. The predicted molar refractivity (Wildman–Crippen MR) is 138 cm³/mol. The number of carbonyl (C=O) groups is 1. The lowest BCUT2D eigenvalue weighted by Crippen LogP contribution is -2.24. The van der Waals surface area contributed by atoms with Crippen LogP contribution in [0.1, 0.15) is 28.5 Å². The van der Waals surface area contributed by atoms with Crippen molar-refractivity contribution in [1.29, 1.82) is 0 Å². The molecule has 0 spiro atoms. The number of aliphatic hydroxyl groups is 1. The molecule has 5 rings (SSSR count). The lowest BCUT2D eigenvalue weighted by atomic mass is 10.1. The highest BCUT2D eigenvalue weighted by molar-refractivity contribution is 6.07. The Balaban J connectivity index is 1.43. The number of benzene rings is 3. The van der Waals surface area contributed by atoms with E-state index >= 15 is 0 Å². The van der Waals surface area contributed by atoms with Crippen LogP contribution in [0.3, 0.4) is 0 Å². The van der Waals surface area contributed by atoms with Gasteiger partial charge in [0.25, 0.3) is 0 Å². The zero-order chi connectivity index (χ0) is 25.2. The van der Waals surface area contributed by atoms with Crippen molar-refractivity contribution < 1.29 is 19.4 Å². The number of ether oxygens (including phenoxy) is 2. The lowest BCUT2D eigenvalue weighted by molar-refractivity contribution is 0.0527. The van der Waals surface area contributed by atoms with Crippen molar-refractivity contribution in [3.63, 3.8) is 0 Å². The Kier molecular flexibility index (Phi) is 6.43. The molecule has 8 heteroatoms. The summed E-state index contributed by atoms with van der Waals surface area (Å²) in [7, 11) is 0. The molecule has 1 unspecified atom stereocenters. The van der Waals surface area contributed by atoms with Crippen molar-refractivity contribution in [3.05, 3.63) is 83.6 Å². The second-order valence-corrected chi connectivity index (χ2v) is 8.76. The maximum Gasteiger partial charge on any atom is 0.340 e. The van der Waals surface area contributed by atoms with Crippen LogP contribution in [0.5, 0.6) is 5.75 Å². The van der Waals surface area contributed by atoms with Crippen molar-refractivity contribution in [2.75, 3.05) is 13.2 Å². The molecule has 5 aromatic rings. The normalized spacial score (nSPS) is 12.2. The lowest BCUT2D eigenvalue weighted by Gasteiger charge is -2.13. The Morgan fingerprint density at radius 2 is 1.81 bits per heavy atom. The molecule has 184 valence electrons. The Morgan fingerprint density at radius 1 is 1.03 bits per heavy atom. The highest BCUT2D eigenvalue weighted by Crippen LogP contribution is 2.33. The van der Waals surface area contributed by atoms with Crippen LogP contribution in [0, 0.1) is 13.8 Å². The molecule has 8 nitrogen and oxygen atoms in total. The van der Waals surface area contributed by atoms with Gasteiger partial charge in [0.05, 0.1) is 29.7 Å². The number of carbonyl (C=O) groups excluding carboxylic acids is 1. The molecule has 1 atom stereocenters. The van der Waals surface area contributed by atoms with Crippen molar-refractivity contribution in [3.8, 4) is 11.4 Å². The van der Waals surface area contributed by atoms with Gasteiger partial charge in [0, 0.05) is 16.8 Å². The van der Waals surface area contributed by atoms with Crippen molar-refractivity contribution in [2.24, 2.45) is 0 Å². The van der Waals surface area contributed by atoms with Crippen LogP contribution in [-0.4, -0.2) is 50.0 Å². The fourth-order valence-corrected chi connectivity index (χ4v) is 4.47. The number of hydrogen-bond acceptors (Lipinski definition) is 6. The molecule has 1 N–H and O–H groups in total. The van der Waals surface area contributed by atoms with E-state index < -0.39 is 6.10 Å². The van der Waals surface area contributed by atoms with Gasteiger partial charge in [0.1, 0.15) is 24.0 Å². The Bertz CT molecular complexity index is 1540. The van der Waals surface area contributed by atoms with Gasteiger partial charge in [-0.1, -0.05) is 35.0 Å². The minimum Gasteiger partial charge on any atom is -0.491 e. The first kappa shape index (κ1) is 23.6. The second kappa shape index (κ2) is 9.83. The Hall–Kier alpha value is -4.17. The smallest absolute Gasteiger partial charge is 0.340 e. The molecule has 0 aliphatic heterocycles. The van der Waals surface area contributed by atoms with Crippen LogP contribution in [-0.2, 0) is 11.3 Å². The van der Waals surface area contributed by atoms with Crippen LogP contribution < -0.4 is 4.74 Å². The van der Waals surface area contributed by atoms with E-state index in [-0.39, 0.29) is 25.7 Å². The molecular formula is C28H28N4O4. The number of nitrogens with zero attached hydrogens (tertiary/aromatic N) is 4. The molecular weight excluding hydrogens is 456 g/mol. The summed E-state index contributed by atoms with van der Waals surface area (Å²) in [5, 5.41) is 19.6. The van der Waals surface area contributed by atoms with Crippen molar-refractivity contribution >= 4 is 27.9 Å². The van der Waals surface area contributed by atoms with E-state index in [2.05, 4.69) is 14.9 Å². The van der Waals surface area contributed by atoms with Gasteiger partial charge in [-0.15, -0.1) is 5.10 Å². The summed E-state index contributed by atoms with van der Waals surface area (Å²) in [6.45, 7) is 6.35. The number of aliphatic hydroxyl groups excluding tert-OH is 1. The fourth-order valence-electron chi connectivity index (χ4n) is 4.47. The molecule has 0 aliphatic carbocycles. The van der Waals surface area contributed by atoms with Crippen molar-refractivity contribution in [1.82, 2.24) is 19.6 Å². The SMILES string of the molecule is CCOC(=O)c1c(C)n(-c2ccc(C)cc2)c2ccc(OCC(O)Cn3nnc4ccccc43)cc12. The summed E-state index contributed by atoms with van der Waals surface area (Å²) in [5.74, 6) is 0.178. The van der Waals surface area contributed by atoms with Crippen LogP contribution in [0.4, 0.5) is 0 Å². The highest BCUT2D eigenvalue weighted by atomic mass is 16.5. The van der Waals surface area contributed by atoms with Crippen LogP contribution >= 0.6 is 0 Å². The first-order valence-corrected chi connectivity index (χ1v) is 11.9. The summed E-state index contributed by atoms with van der Waals surface area (Å²) in [6, 6.07) is 21.4. The standard InChI is InChI=1S/C28H28N4O4/c1-4-35-28(34)27-19(3)32(20-11-9-18(2)10-12-20)25-14-13-22(15-23(25)27)36-17-21(33)16-31-26-8-6-5-7-24(26)29-30-31/h5-15,21,33H,4,16-17H2,1-3H3. The second-order valence-electron chi connectivity index (χ2n) is 8.76. The Morgan fingerprint density at radius 3 is 2.58 bits per heavy atom. The molecule has 0 saturated heterocycles. The zero-order valence-corrected chi connectivity index (χ0v) is 20.5. The quantitative estimate of drug-likeness (QED) is 0.324. The summed E-state index contributed by atoms with van der Waals surface area (Å²) >= 11 is 0. The molecule has 2 heterocycles. The molecule has 0 fully saturated rings. The van der Waals surface area contributed by atoms with Gasteiger partial charge < -0.3 is 19.1 Å². The first-order chi connectivity index (χ1) is 17.5. The third kappa shape index (κ3) is 4.43. The first-order valence-electron chi connectivity index (χ1n) is 11.9. The number of esters is 1. The van der Waals surface area contributed by atoms with Gasteiger partial charge in [-0.05, 0) is 63.2 Å². The van der Waals surface area contributed by atoms with E-state index in [1.165, 1.54) is 0 Å². The molecule has 0 bridgehead atoms. The van der Waals surface area contributed by atoms with Gasteiger partial charge in [-0.2, -0.15) is 0 Å². The zero-order valence-electron chi connectivity index (χ0n) is 20.5. The number of aromatic nitrogens is 4.